The van der Waals surface area contributed by atoms with E-state index in [-0.39, 0.29) is 13.0 Å². The molecule has 1 aliphatic rings. The minimum atomic E-state index is -2.80. The summed E-state index contributed by atoms with van der Waals surface area (Å²) in [5.41, 5.74) is 5.20. The van der Waals surface area contributed by atoms with Gasteiger partial charge in [0.05, 0.1) is 13.2 Å². The van der Waals surface area contributed by atoms with Crippen LogP contribution < -0.4 is 5.73 Å². The lowest BCUT2D eigenvalue weighted by atomic mass is 10.3. The predicted molar refractivity (Wildman–Crippen MR) is 41.2 cm³/mol. The summed E-state index contributed by atoms with van der Waals surface area (Å²) in [4.78, 5) is 12.2. The van der Waals surface area contributed by atoms with Gasteiger partial charge in [0.25, 0.3) is 5.92 Å². The zero-order chi connectivity index (χ0) is 10.1. The quantitative estimate of drug-likeness (QED) is 0.603. The van der Waals surface area contributed by atoms with Crippen LogP contribution in [0.25, 0.3) is 0 Å². The molecule has 1 aliphatic heterocycles. The number of rotatable bonds is 2. The number of likely N-dealkylation sites (tertiary alicyclic amines) is 1. The molecule has 0 aliphatic carbocycles. The molecule has 1 amide bonds. The highest BCUT2D eigenvalue weighted by atomic mass is 19.3. The Hall–Kier alpha value is -0.750. The lowest BCUT2D eigenvalue weighted by Crippen LogP contribution is -2.45. The van der Waals surface area contributed by atoms with E-state index in [1.165, 1.54) is 0 Å². The van der Waals surface area contributed by atoms with Gasteiger partial charge in [-0.15, -0.1) is 0 Å². The lowest BCUT2D eigenvalue weighted by Gasteiger charge is -2.18. The molecule has 1 atom stereocenters. The van der Waals surface area contributed by atoms with Crippen molar-refractivity contribution < 1.29 is 18.7 Å². The van der Waals surface area contributed by atoms with Crippen molar-refractivity contribution in [1.29, 1.82) is 0 Å². The van der Waals surface area contributed by atoms with Gasteiger partial charge in [-0.25, -0.2) is 8.78 Å². The largest absolute Gasteiger partial charge is 0.394 e. The average molecular weight is 194 g/mol. The number of nitrogens with zero attached hydrogens (tertiary/aromatic N) is 1. The summed E-state index contributed by atoms with van der Waals surface area (Å²) in [5.74, 6) is -3.41. The van der Waals surface area contributed by atoms with Crippen LogP contribution in [0.4, 0.5) is 8.78 Å². The topological polar surface area (TPSA) is 66.6 Å². The van der Waals surface area contributed by atoms with Gasteiger partial charge in [0.1, 0.15) is 6.04 Å². The monoisotopic (exact) mass is 194 g/mol. The summed E-state index contributed by atoms with van der Waals surface area (Å²) in [6.45, 7) is -1.08. The number of hydrogen-bond acceptors (Lipinski definition) is 3. The van der Waals surface area contributed by atoms with E-state index >= 15 is 0 Å². The van der Waals surface area contributed by atoms with Crippen LogP contribution in [-0.4, -0.2) is 47.6 Å². The molecule has 0 unspecified atom stereocenters. The van der Waals surface area contributed by atoms with Crippen molar-refractivity contribution in [3.05, 3.63) is 0 Å². The minimum Gasteiger partial charge on any atom is -0.394 e. The van der Waals surface area contributed by atoms with Crippen molar-refractivity contribution in [2.24, 2.45) is 5.73 Å². The van der Waals surface area contributed by atoms with Crippen LogP contribution in [0.1, 0.15) is 6.42 Å². The standard InChI is InChI=1S/C7H12F2N2O2/c8-7(9)1-2-11(4-7)6(13)5(10)3-12/h5,12H,1-4,10H2/t5-/m0/s1. The number of alkyl halides is 2. The Morgan fingerprint density at radius 2 is 2.31 bits per heavy atom. The smallest absolute Gasteiger partial charge is 0.267 e. The minimum absolute atomic E-state index is 0.0134. The molecule has 6 heteroatoms. The van der Waals surface area contributed by atoms with Gasteiger partial charge in [0, 0.05) is 13.0 Å². The summed E-state index contributed by atoms with van der Waals surface area (Å²) in [7, 11) is 0. The van der Waals surface area contributed by atoms with Crippen molar-refractivity contribution >= 4 is 5.91 Å². The average Bonchev–Trinajstić information content (AvgIpc) is 2.43. The number of halogens is 2. The summed E-state index contributed by atoms with van der Waals surface area (Å²) in [6, 6.07) is -1.08. The molecule has 1 saturated heterocycles. The molecule has 1 heterocycles. The highest BCUT2D eigenvalue weighted by molar-refractivity contribution is 5.82. The molecule has 0 radical (unpaired) electrons. The van der Waals surface area contributed by atoms with Gasteiger partial charge in [-0.3, -0.25) is 4.79 Å². The maximum Gasteiger partial charge on any atom is 0.267 e. The van der Waals surface area contributed by atoms with E-state index in [4.69, 9.17) is 10.8 Å². The van der Waals surface area contributed by atoms with Crippen LogP contribution in [0.3, 0.4) is 0 Å². The predicted octanol–water partition coefficient (Wildman–Crippen LogP) is -0.826. The van der Waals surface area contributed by atoms with Crippen molar-refractivity contribution in [3.63, 3.8) is 0 Å². The SMILES string of the molecule is N[C@@H](CO)C(=O)N1CCC(F)(F)C1. The second kappa shape index (κ2) is 3.55. The molecule has 76 valence electrons. The first kappa shape index (κ1) is 10.3. The highest BCUT2D eigenvalue weighted by Crippen LogP contribution is 2.26. The molecule has 1 rings (SSSR count). The van der Waals surface area contributed by atoms with Crippen LogP contribution >= 0.6 is 0 Å². The Kier molecular flexibility index (Phi) is 2.82. The van der Waals surface area contributed by atoms with Crippen molar-refractivity contribution in [2.75, 3.05) is 19.7 Å². The fraction of sp³-hybridized carbons (Fsp3) is 0.857. The van der Waals surface area contributed by atoms with E-state index in [0.29, 0.717) is 0 Å². The Bertz CT molecular complexity index is 211. The number of aliphatic hydroxyl groups excluding tert-OH is 1. The highest BCUT2D eigenvalue weighted by Gasteiger charge is 2.41. The summed E-state index contributed by atoms with van der Waals surface area (Å²) in [5, 5.41) is 8.54. The Morgan fingerprint density at radius 3 is 2.69 bits per heavy atom. The van der Waals surface area contributed by atoms with Crippen molar-refractivity contribution in [2.45, 2.75) is 18.4 Å². The summed E-state index contributed by atoms with van der Waals surface area (Å²) in [6.07, 6.45) is -0.323. The van der Waals surface area contributed by atoms with E-state index in [2.05, 4.69) is 0 Å². The molecule has 0 saturated carbocycles. The molecule has 0 aromatic rings. The van der Waals surface area contributed by atoms with Crippen LogP contribution in [0.15, 0.2) is 0 Å². The van der Waals surface area contributed by atoms with E-state index in [1.807, 2.05) is 0 Å². The number of carbonyl (C=O) groups is 1. The van der Waals surface area contributed by atoms with E-state index < -0.39 is 31.0 Å². The molecule has 0 bridgehead atoms. The molecule has 0 aromatic heterocycles. The van der Waals surface area contributed by atoms with Gasteiger partial charge in [0.2, 0.25) is 5.91 Å². The van der Waals surface area contributed by atoms with Crippen molar-refractivity contribution in [1.82, 2.24) is 4.90 Å². The number of carbonyl (C=O) groups excluding carboxylic acids is 1. The molecular weight excluding hydrogens is 182 g/mol. The van der Waals surface area contributed by atoms with Crippen LogP contribution in [-0.2, 0) is 4.79 Å². The van der Waals surface area contributed by atoms with E-state index in [9.17, 15) is 13.6 Å². The Morgan fingerprint density at radius 1 is 1.69 bits per heavy atom. The van der Waals surface area contributed by atoms with Gasteiger partial charge < -0.3 is 15.7 Å². The molecule has 1 fully saturated rings. The number of nitrogens with two attached hydrogens (primary N) is 1. The van der Waals surface area contributed by atoms with Gasteiger partial charge in [-0.05, 0) is 0 Å². The van der Waals surface area contributed by atoms with Crippen LogP contribution in [0.2, 0.25) is 0 Å². The van der Waals surface area contributed by atoms with Crippen molar-refractivity contribution in [3.8, 4) is 0 Å². The summed E-state index contributed by atoms with van der Waals surface area (Å²) < 4.78 is 25.3. The van der Waals surface area contributed by atoms with E-state index in [0.717, 1.165) is 4.90 Å². The molecule has 0 aromatic carbocycles. The number of hydrogen-bond donors (Lipinski definition) is 2. The first-order chi connectivity index (χ1) is 5.96. The Labute approximate surface area is 74.3 Å². The van der Waals surface area contributed by atoms with Gasteiger partial charge >= 0.3 is 0 Å². The van der Waals surface area contributed by atoms with E-state index in [1.54, 1.807) is 0 Å². The Balaban J connectivity index is 2.51. The maximum atomic E-state index is 12.6. The normalized spacial score (nSPS) is 23.2. The molecular formula is C7H12F2N2O2. The fourth-order valence-corrected chi connectivity index (χ4v) is 1.24. The number of amides is 1. The third-order valence-corrected chi connectivity index (χ3v) is 2.00. The first-order valence-corrected chi connectivity index (χ1v) is 3.99. The lowest BCUT2D eigenvalue weighted by molar-refractivity contribution is -0.133. The molecule has 3 N–H and O–H groups in total. The van der Waals surface area contributed by atoms with Gasteiger partial charge in [-0.2, -0.15) is 0 Å². The van der Waals surface area contributed by atoms with Crippen LogP contribution in [0.5, 0.6) is 0 Å². The zero-order valence-corrected chi connectivity index (χ0v) is 7.04. The third-order valence-electron chi connectivity index (χ3n) is 2.00. The second-order valence-corrected chi connectivity index (χ2v) is 3.15. The molecule has 0 spiro atoms. The number of aliphatic hydroxyl groups is 1. The van der Waals surface area contributed by atoms with Gasteiger partial charge in [0.15, 0.2) is 0 Å². The molecule has 13 heavy (non-hydrogen) atoms. The molecule has 4 nitrogen and oxygen atoms in total. The maximum absolute atomic E-state index is 12.6. The fourth-order valence-electron chi connectivity index (χ4n) is 1.24. The van der Waals surface area contributed by atoms with Gasteiger partial charge in [-0.1, -0.05) is 0 Å². The first-order valence-electron chi connectivity index (χ1n) is 3.99. The summed E-state index contributed by atoms with van der Waals surface area (Å²) >= 11 is 0. The zero-order valence-electron chi connectivity index (χ0n) is 7.04. The van der Waals surface area contributed by atoms with Crippen LogP contribution in [0, 0.1) is 0 Å². The third kappa shape index (κ3) is 2.35. The second-order valence-electron chi connectivity index (χ2n) is 3.15.